The summed E-state index contributed by atoms with van der Waals surface area (Å²) < 4.78 is 22.3. The Hall–Kier alpha value is -1.15. The van der Waals surface area contributed by atoms with Gasteiger partial charge in [0.1, 0.15) is 11.3 Å². The third kappa shape index (κ3) is 2.95. The zero-order valence-electron chi connectivity index (χ0n) is 9.66. The van der Waals surface area contributed by atoms with Crippen molar-refractivity contribution in [2.45, 2.75) is 31.6 Å². The van der Waals surface area contributed by atoms with Crippen molar-refractivity contribution in [1.82, 2.24) is 4.90 Å². The molecule has 0 aromatic heterocycles. The minimum Gasteiger partial charge on any atom is -0.480 e. The van der Waals surface area contributed by atoms with E-state index in [1.165, 1.54) is 0 Å². The fourth-order valence-corrected chi connectivity index (χ4v) is 2.71. The van der Waals surface area contributed by atoms with Crippen LogP contribution in [0.2, 0.25) is 0 Å². The van der Waals surface area contributed by atoms with Crippen molar-refractivity contribution in [2.24, 2.45) is 11.1 Å². The van der Waals surface area contributed by atoms with Crippen LogP contribution in [0.3, 0.4) is 0 Å². The van der Waals surface area contributed by atoms with E-state index in [1.807, 2.05) is 0 Å². The summed E-state index contributed by atoms with van der Waals surface area (Å²) in [5, 5.41) is 13.0. The zero-order chi connectivity index (χ0) is 13.4. The van der Waals surface area contributed by atoms with Gasteiger partial charge in [0.25, 0.3) is 0 Å². The Balaban J connectivity index is 2.94. The number of nitrogens with two attached hydrogens (primary N) is 1. The van der Waals surface area contributed by atoms with Crippen LogP contribution in [0.5, 0.6) is 0 Å². The summed E-state index contributed by atoms with van der Waals surface area (Å²) in [6.45, 7) is 3.18. The van der Waals surface area contributed by atoms with Gasteiger partial charge in [0.05, 0.1) is 0 Å². The number of amides is 1. The Bertz CT molecular complexity index is 431. The predicted molar refractivity (Wildman–Crippen MR) is 59.5 cm³/mol. The van der Waals surface area contributed by atoms with E-state index in [0.717, 1.165) is 4.90 Å². The van der Waals surface area contributed by atoms with Gasteiger partial charge in [0.2, 0.25) is 15.9 Å². The molecule has 1 aliphatic heterocycles. The van der Waals surface area contributed by atoms with Gasteiger partial charge in [0.15, 0.2) is 0 Å². The van der Waals surface area contributed by atoms with E-state index >= 15 is 0 Å². The minimum absolute atomic E-state index is 0.146. The first-order valence-electron chi connectivity index (χ1n) is 5.18. The van der Waals surface area contributed by atoms with Crippen molar-refractivity contribution in [3.05, 3.63) is 0 Å². The third-order valence-electron chi connectivity index (χ3n) is 2.81. The van der Waals surface area contributed by atoms with Crippen LogP contribution in [0, 0.1) is 5.92 Å². The molecule has 8 heteroatoms. The number of carbonyl (C=O) groups is 2. The first-order chi connectivity index (χ1) is 7.64. The number of nitrogens with zero attached hydrogens (tertiary/aromatic N) is 1. The molecule has 0 aromatic rings. The van der Waals surface area contributed by atoms with Crippen LogP contribution < -0.4 is 5.14 Å². The summed E-state index contributed by atoms with van der Waals surface area (Å²) >= 11 is 0. The molecule has 1 aliphatic rings. The highest BCUT2D eigenvalue weighted by Gasteiger charge is 2.42. The number of likely N-dealkylation sites (tertiary alicyclic amines) is 1. The van der Waals surface area contributed by atoms with Crippen molar-refractivity contribution in [2.75, 3.05) is 6.54 Å². The summed E-state index contributed by atoms with van der Waals surface area (Å²) in [5.74, 6) is -1.91. The Labute approximate surface area is 99.6 Å². The second-order valence-corrected chi connectivity index (χ2v) is 6.33. The van der Waals surface area contributed by atoms with Gasteiger partial charge in [-0.2, -0.15) is 0 Å². The van der Waals surface area contributed by atoms with Crippen molar-refractivity contribution in [3.8, 4) is 0 Å². The molecule has 1 rings (SSSR count). The van der Waals surface area contributed by atoms with Crippen LogP contribution in [0.15, 0.2) is 0 Å². The zero-order valence-corrected chi connectivity index (χ0v) is 10.5. The molecule has 7 nitrogen and oxygen atoms in total. The van der Waals surface area contributed by atoms with Crippen LogP contribution in [0.25, 0.3) is 0 Å². The lowest BCUT2D eigenvalue weighted by Crippen LogP contribution is -2.46. The van der Waals surface area contributed by atoms with E-state index in [2.05, 4.69) is 0 Å². The molecular formula is C9H16N2O5S. The first-order valence-corrected chi connectivity index (χ1v) is 6.79. The maximum Gasteiger partial charge on any atom is 0.326 e. The molecule has 0 aliphatic carbocycles. The van der Waals surface area contributed by atoms with Gasteiger partial charge in [-0.1, -0.05) is 13.8 Å². The first kappa shape index (κ1) is 13.9. The van der Waals surface area contributed by atoms with Gasteiger partial charge in [-0.25, -0.2) is 18.4 Å². The Morgan fingerprint density at radius 3 is 2.35 bits per heavy atom. The third-order valence-corrected chi connectivity index (χ3v) is 4.05. The van der Waals surface area contributed by atoms with Gasteiger partial charge in [-0.05, 0) is 5.92 Å². The normalized spacial score (nSPS) is 23.2. The van der Waals surface area contributed by atoms with Crippen LogP contribution in [0.1, 0.15) is 20.3 Å². The van der Waals surface area contributed by atoms with Gasteiger partial charge in [0, 0.05) is 13.0 Å². The van der Waals surface area contributed by atoms with Crippen molar-refractivity contribution in [1.29, 1.82) is 0 Å². The highest BCUT2D eigenvalue weighted by atomic mass is 32.2. The van der Waals surface area contributed by atoms with Crippen LogP contribution in [-0.2, 0) is 19.6 Å². The standard InChI is InChI=1S/C9H16N2O5S/c1-5(2)8(9(13)14)11-4-6(3-7(11)12)17(10,15)16/h5-6,8H,3-4H2,1-2H3,(H,13,14)(H2,10,15,16)/t6?,8-/m0/s1. The highest BCUT2D eigenvalue weighted by Crippen LogP contribution is 2.22. The molecule has 0 radical (unpaired) electrons. The fourth-order valence-electron chi connectivity index (χ4n) is 1.96. The number of rotatable bonds is 4. The molecule has 1 unspecified atom stereocenters. The van der Waals surface area contributed by atoms with Crippen molar-refractivity contribution in [3.63, 3.8) is 0 Å². The molecule has 0 spiro atoms. The predicted octanol–water partition coefficient (Wildman–Crippen LogP) is -1.01. The summed E-state index contributed by atoms with van der Waals surface area (Å²) in [4.78, 5) is 23.8. The Morgan fingerprint density at radius 1 is 1.53 bits per heavy atom. The van der Waals surface area contributed by atoms with Gasteiger partial charge in [-0.3, -0.25) is 4.79 Å². The van der Waals surface area contributed by atoms with Crippen molar-refractivity contribution >= 4 is 21.9 Å². The second kappa shape index (κ2) is 4.61. The quantitative estimate of drug-likeness (QED) is 0.674. The topological polar surface area (TPSA) is 118 Å². The molecule has 1 saturated heterocycles. The van der Waals surface area contributed by atoms with Gasteiger partial charge >= 0.3 is 5.97 Å². The lowest BCUT2D eigenvalue weighted by atomic mass is 10.0. The minimum atomic E-state index is -3.81. The smallest absolute Gasteiger partial charge is 0.326 e. The number of primary sulfonamides is 1. The fraction of sp³-hybridized carbons (Fsp3) is 0.778. The number of aliphatic carboxylic acids is 1. The van der Waals surface area contributed by atoms with E-state index in [0.29, 0.717) is 0 Å². The summed E-state index contributed by atoms with van der Waals surface area (Å²) in [7, 11) is -3.81. The molecule has 2 atom stereocenters. The average molecular weight is 264 g/mol. The van der Waals surface area contributed by atoms with Crippen LogP contribution in [0.4, 0.5) is 0 Å². The number of hydrogen-bond donors (Lipinski definition) is 2. The van der Waals surface area contributed by atoms with E-state index in [1.54, 1.807) is 13.8 Å². The molecule has 0 bridgehead atoms. The second-order valence-electron chi connectivity index (χ2n) is 4.49. The number of hydrogen-bond acceptors (Lipinski definition) is 4. The Kier molecular flexibility index (Phi) is 3.78. The molecule has 1 fully saturated rings. The molecular weight excluding hydrogens is 248 g/mol. The molecule has 17 heavy (non-hydrogen) atoms. The molecule has 0 saturated carbocycles. The van der Waals surface area contributed by atoms with Crippen LogP contribution in [-0.4, -0.2) is 48.1 Å². The molecule has 98 valence electrons. The largest absolute Gasteiger partial charge is 0.480 e. The van der Waals surface area contributed by atoms with Gasteiger partial charge in [-0.15, -0.1) is 0 Å². The SMILES string of the molecule is CC(C)[C@@H](C(=O)O)N1CC(S(N)(=O)=O)CC1=O. The number of carboxylic acids is 1. The summed E-state index contributed by atoms with van der Waals surface area (Å²) in [6.07, 6.45) is -0.241. The summed E-state index contributed by atoms with van der Waals surface area (Å²) in [5.41, 5.74) is 0. The van der Waals surface area contributed by atoms with E-state index in [9.17, 15) is 18.0 Å². The van der Waals surface area contributed by atoms with E-state index in [4.69, 9.17) is 10.2 Å². The maximum absolute atomic E-state index is 11.6. The average Bonchev–Trinajstić information content (AvgIpc) is 2.46. The molecule has 0 aromatic carbocycles. The van der Waals surface area contributed by atoms with E-state index < -0.39 is 33.2 Å². The summed E-state index contributed by atoms with van der Waals surface area (Å²) in [6, 6.07) is -1.01. The number of sulfonamides is 1. The maximum atomic E-state index is 11.6. The molecule has 1 amide bonds. The van der Waals surface area contributed by atoms with Crippen molar-refractivity contribution < 1.29 is 23.1 Å². The number of carbonyl (C=O) groups excluding carboxylic acids is 1. The van der Waals surface area contributed by atoms with Gasteiger partial charge < -0.3 is 10.0 Å². The molecule has 1 heterocycles. The molecule has 3 N–H and O–H groups in total. The Morgan fingerprint density at radius 2 is 2.06 bits per heavy atom. The van der Waals surface area contributed by atoms with E-state index in [-0.39, 0.29) is 18.9 Å². The lowest BCUT2D eigenvalue weighted by Gasteiger charge is -2.27. The van der Waals surface area contributed by atoms with Crippen LogP contribution >= 0.6 is 0 Å². The monoisotopic (exact) mass is 264 g/mol. The number of carboxylic acid groups (broad SMARTS) is 1. The lowest BCUT2D eigenvalue weighted by molar-refractivity contribution is -0.150. The highest BCUT2D eigenvalue weighted by molar-refractivity contribution is 7.89.